The van der Waals surface area contributed by atoms with Crippen LogP contribution in [0.15, 0.2) is 72.8 Å². The van der Waals surface area contributed by atoms with Crippen LogP contribution in [0.1, 0.15) is 23.5 Å². The van der Waals surface area contributed by atoms with E-state index in [1.54, 1.807) is 19.2 Å². The molecule has 1 aliphatic rings. The summed E-state index contributed by atoms with van der Waals surface area (Å²) in [6, 6.07) is 23.3. The summed E-state index contributed by atoms with van der Waals surface area (Å²) in [6.45, 7) is 1.19. The fraction of sp³-hybridized carbons (Fsp3) is 0.261. The van der Waals surface area contributed by atoms with Gasteiger partial charge in [0.05, 0.1) is 19.6 Å². The number of ether oxygens (including phenoxy) is 2. The van der Waals surface area contributed by atoms with Crippen LogP contribution in [0.25, 0.3) is 0 Å². The molecule has 148 valence electrons. The van der Waals surface area contributed by atoms with Crippen LogP contribution in [0.4, 0.5) is 0 Å². The van der Waals surface area contributed by atoms with Gasteiger partial charge in [0.2, 0.25) is 17.7 Å². The molecule has 1 aliphatic heterocycles. The summed E-state index contributed by atoms with van der Waals surface area (Å²) in [4.78, 5) is 15.3. The minimum Gasteiger partial charge on any atom is -0.480 e. The smallest absolute Gasteiger partial charge is 0.234 e. The number of methoxy groups -OCH3 is 1. The highest BCUT2D eigenvalue weighted by Crippen LogP contribution is 2.29. The topological polar surface area (TPSA) is 64.6 Å². The number of likely N-dealkylation sites (tertiary alicyclic amines) is 1. The van der Waals surface area contributed by atoms with Crippen LogP contribution in [0.3, 0.4) is 0 Å². The molecule has 1 atom stereocenters. The maximum atomic E-state index is 13.5. The first kappa shape index (κ1) is 18.9. The van der Waals surface area contributed by atoms with Gasteiger partial charge in [-0.3, -0.25) is 4.79 Å². The first-order valence-electron chi connectivity index (χ1n) is 9.67. The van der Waals surface area contributed by atoms with Crippen molar-refractivity contribution in [2.75, 3.05) is 20.2 Å². The van der Waals surface area contributed by atoms with E-state index >= 15 is 0 Å². The van der Waals surface area contributed by atoms with Crippen LogP contribution in [-0.4, -0.2) is 47.3 Å². The van der Waals surface area contributed by atoms with Crippen LogP contribution in [0, 0.1) is 0 Å². The Morgan fingerprint density at radius 1 is 0.931 bits per heavy atom. The Labute approximate surface area is 170 Å². The number of benzene rings is 2. The normalized spacial score (nSPS) is 16.1. The zero-order chi connectivity index (χ0) is 20.1. The van der Waals surface area contributed by atoms with E-state index in [4.69, 9.17) is 9.47 Å². The maximum Gasteiger partial charge on any atom is 0.234 e. The zero-order valence-electron chi connectivity index (χ0n) is 16.3. The number of carbonyl (C=O) groups is 1. The molecule has 1 saturated heterocycles. The van der Waals surface area contributed by atoms with Crippen molar-refractivity contribution in [3.63, 3.8) is 0 Å². The number of aromatic nitrogens is 2. The Hall–Kier alpha value is -3.41. The summed E-state index contributed by atoms with van der Waals surface area (Å²) >= 11 is 0. The lowest BCUT2D eigenvalue weighted by molar-refractivity contribution is -0.131. The lowest BCUT2D eigenvalue weighted by atomic mass is 9.90. The Balaban J connectivity index is 1.48. The molecule has 0 saturated carbocycles. The van der Waals surface area contributed by atoms with Crippen LogP contribution in [0.2, 0.25) is 0 Å². The number of rotatable bonds is 6. The second-order valence-electron chi connectivity index (χ2n) is 6.98. The standard InChI is InChI=1S/C23H23N3O3/c1-28-20-12-13-21(25-24-20)29-19-14-15-26(16-19)23(27)22(17-8-4-2-5-9-17)18-10-6-3-7-11-18/h2-13,19,22H,14-16H2,1H3. The SMILES string of the molecule is COc1ccc(OC2CCN(C(=O)C(c3ccccc3)c3ccccc3)C2)nn1. The van der Waals surface area contributed by atoms with Gasteiger partial charge in [0.1, 0.15) is 6.10 Å². The van der Waals surface area contributed by atoms with Crippen LogP contribution in [0.5, 0.6) is 11.8 Å². The van der Waals surface area contributed by atoms with Crippen LogP contribution < -0.4 is 9.47 Å². The monoisotopic (exact) mass is 389 g/mol. The molecule has 1 aromatic heterocycles. The molecule has 6 heteroatoms. The zero-order valence-corrected chi connectivity index (χ0v) is 16.3. The van der Waals surface area contributed by atoms with Crippen molar-refractivity contribution in [2.45, 2.75) is 18.4 Å². The van der Waals surface area contributed by atoms with E-state index in [2.05, 4.69) is 10.2 Å². The Bertz CT molecular complexity index is 893. The second-order valence-corrected chi connectivity index (χ2v) is 6.98. The molecule has 6 nitrogen and oxygen atoms in total. The Morgan fingerprint density at radius 3 is 2.07 bits per heavy atom. The highest BCUT2D eigenvalue weighted by molar-refractivity contribution is 5.87. The van der Waals surface area contributed by atoms with Crippen molar-refractivity contribution in [3.05, 3.63) is 83.9 Å². The van der Waals surface area contributed by atoms with Gasteiger partial charge in [-0.25, -0.2) is 0 Å². The first-order valence-corrected chi connectivity index (χ1v) is 9.67. The molecular formula is C23H23N3O3. The molecule has 0 aliphatic carbocycles. The van der Waals surface area contributed by atoms with Crippen molar-refractivity contribution >= 4 is 5.91 Å². The predicted octanol–water partition coefficient (Wildman–Crippen LogP) is 3.30. The van der Waals surface area contributed by atoms with Gasteiger partial charge < -0.3 is 14.4 Å². The molecule has 0 N–H and O–H groups in total. The third kappa shape index (κ3) is 4.37. The second kappa shape index (κ2) is 8.73. The summed E-state index contributed by atoms with van der Waals surface area (Å²) in [5.74, 6) is 0.646. The summed E-state index contributed by atoms with van der Waals surface area (Å²) in [7, 11) is 1.54. The molecule has 1 fully saturated rings. The van der Waals surface area contributed by atoms with Gasteiger partial charge in [0, 0.05) is 25.1 Å². The quantitative estimate of drug-likeness (QED) is 0.647. The van der Waals surface area contributed by atoms with E-state index in [0.717, 1.165) is 17.5 Å². The summed E-state index contributed by atoms with van der Waals surface area (Å²) in [5, 5.41) is 7.94. The first-order chi connectivity index (χ1) is 14.2. The van der Waals surface area contributed by atoms with Gasteiger partial charge in [-0.1, -0.05) is 60.7 Å². The van der Waals surface area contributed by atoms with Crippen molar-refractivity contribution in [2.24, 2.45) is 0 Å². The van der Waals surface area contributed by atoms with E-state index in [-0.39, 0.29) is 17.9 Å². The van der Waals surface area contributed by atoms with Gasteiger partial charge in [0.25, 0.3) is 0 Å². The lowest BCUT2D eigenvalue weighted by Gasteiger charge is -2.24. The van der Waals surface area contributed by atoms with E-state index in [1.807, 2.05) is 65.6 Å². The number of carbonyl (C=O) groups excluding carboxylic acids is 1. The third-order valence-electron chi connectivity index (χ3n) is 5.08. The third-order valence-corrected chi connectivity index (χ3v) is 5.08. The molecule has 2 aromatic carbocycles. The molecular weight excluding hydrogens is 366 g/mol. The molecule has 0 radical (unpaired) electrons. The Morgan fingerprint density at radius 2 is 1.52 bits per heavy atom. The fourth-order valence-corrected chi connectivity index (χ4v) is 3.63. The molecule has 29 heavy (non-hydrogen) atoms. The van der Waals surface area contributed by atoms with E-state index in [1.165, 1.54) is 0 Å². The van der Waals surface area contributed by atoms with Crippen LogP contribution >= 0.6 is 0 Å². The van der Waals surface area contributed by atoms with Crippen molar-refractivity contribution in [1.29, 1.82) is 0 Å². The number of hydrogen-bond acceptors (Lipinski definition) is 5. The van der Waals surface area contributed by atoms with Crippen molar-refractivity contribution < 1.29 is 14.3 Å². The number of nitrogens with zero attached hydrogens (tertiary/aromatic N) is 3. The maximum absolute atomic E-state index is 13.5. The molecule has 1 unspecified atom stereocenters. The molecule has 1 amide bonds. The van der Waals surface area contributed by atoms with Gasteiger partial charge >= 0.3 is 0 Å². The van der Waals surface area contributed by atoms with Crippen molar-refractivity contribution in [3.8, 4) is 11.8 Å². The fourth-order valence-electron chi connectivity index (χ4n) is 3.63. The van der Waals surface area contributed by atoms with E-state index < -0.39 is 0 Å². The largest absolute Gasteiger partial charge is 0.480 e. The summed E-state index contributed by atoms with van der Waals surface area (Å²) in [6.07, 6.45) is 0.657. The minimum atomic E-state index is -0.322. The number of amides is 1. The molecule has 0 bridgehead atoms. The average molecular weight is 389 g/mol. The van der Waals surface area contributed by atoms with Gasteiger partial charge in [-0.2, -0.15) is 0 Å². The van der Waals surface area contributed by atoms with Crippen molar-refractivity contribution in [1.82, 2.24) is 15.1 Å². The summed E-state index contributed by atoms with van der Waals surface area (Å²) < 4.78 is 10.9. The Kier molecular flexibility index (Phi) is 5.70. The average Bonchev–Trinajstić information content (AvgIpc) is 3.24. The van der Waals surface area contributed by atoms with E-state index in [0.29, 0.717) is 24.8 Å². The molecule has 2 heterocycles. The van der Waals surface area contributed by atoms with E-state index in [9.17, 15) is 4.79 Å². The molecule has 3 aromatic rings. The summed E-state index contributed by atoms with van der Waals surface area (Å²) in [5.41, 5.74) is 1.99. The lowest BCUT2D eigenvalue weighted by Crippen LogP contribution is -2.35. The van der Waals surface area contributed by atoms with Crippen LogP contribution in [-0.2, 0) is 4.79 Å². The number of hydrogen-bond donors (Lipinski definition) is 0. The highest BCUT2D eigenvalue weighted by atomic mass is 16.5. The molecule has 4 rings (SSSR count). The minimum absolute atomic E-state index is 0.0920. The highest BCUT2D eigenvalue weighted by Gasteiger charge is 2.33. The van der Waals surface area contributed by atoms with Gasteiger partial charge in [-0.05, 0) is 11.1 Å². The van der Waals surface area contributed by atoms with Gasteiger partial charge in [0.15, 0.2) is 0 Å². The molecule has 0 spiro atoms. The van der Waals surface area contributed by atoms with Gasteiger partial charge in [-0.15, -0.1) is 10.2 Å². The predicted molar refractivity (Wildman–Crippen MR) is 109 cm³/mol.